The molecule has 1 aromatic heterocycles. The van der Waals surface area contributed by atoms with Gasteiger partial charge in [0, 0.05) is 44.6 Å². The molecule has 0 aliphatic rings. The zero-order chi connectivity index (χ0) is 19.9. The van der Waals surface area contributed by atoms with Crippen LogP contribution in [0.5, 0.6) is 0 Å². The van der Waals surface area contributed by atoms with Crippen molar-refractivity contribution in [3.8, 4) is 0 Å². The third-order valence-electron chi connectivity index (χ3n) is 4.50. The van der Waals surface area contributed by atoms with Gasteiger partial charge in [0.1, 0.15) is 5.82 Å². The van der Waals surface area contributed by atoms with E-state index in [1.165, 1.54) is 12.1 Å². The van der Waals surface area contributed by atoms with Crippen LogP contribution in [0.2, 0.25) is 0 Å². The molecule has 0 aliphatic carbocycles. The van der Waals surface area contributed by atoms with Crippen LogP contribution in [-0.2, 0) is 22.6 Å². The van der Waals surface area contributed by atoms with Gasteiger partial charge in [0.15, 0.2) is 0 Å². The Morgan fingerprint density at radius 3 is 2.74 bits per heavy atom. The average Bonchev–Trinajstić information content (AvgIpc) is 3.07. The summed E-state index contributed by atoms with van der Waals surface area (Å²) in [4.78, 5) is 14.8. The number of benzene rings is 1. The molecule has 0 fully saturated rings. The first-order valence-corrected chi connectivity index (χ1v) is 9.63. The van der Waals surface area contributed by atoms with Crippen molar-refractivity contribution in [3.63, 3.8) is 0 Å². The normalized spacial score (nSPS) is 11.6. The molecular weight excluding hydrogens is 367 g/mol. The third kappa shape index (κ3) is 6.08. The fraction of sp³-hybridized carbons (Fsp3) is 0.476. The number of aromatic nitrogens is 1. The maximum Gasteiger partial charge on any atom is 0.229 e. The van der Waals surface area contributed by atoms with Gasteiger partial charge in [-0.15, -0.1) is 11.6 Å². The van der Waals surface area contributed by atoms with Gasteiger partial charge in [-0.1, -0.05) is 12.1 Å². The molecule has 0 spiro atoms. The Balaban J connectivity index is 2.17. The highest BCUT2D eigenvalue weighted by molar-refractivity contribution is 6.19. The van der Waals surface area contributed by atoms with Crippen LogP contribution in [0.4, 0.5) is 4.39 Å². The molecule has 0 aliphatic heterocycles. The average molecular weight is 395 g/mol. The van der Waals surface area contributed by atoms with Gasteiger partial charge in [-0.25, -0.2) is 4.39 Å². The lowest BCUT2D eigenvalue weighted by atomic mass is 9.94. The van der Waals surface area contributed by atoms with Gasteiger partial charge >= 0.3 is 0 Å². The molecule has 27 heavy (non-hydrogen) atoms. The molecular formula is C21H28ClFN2O2. The van der Waals surface area contributed by atoms with E-state index in [0.717, 1.165) is 17.7 Å². The van der Waals surface area contributed by atoms with Gasteiger partial charge in [0.25, 0.3) is 0 Å². The Labute approximate surface area is 165 Å². The third-order valence-corrected chi connectivity index (χ3v) is 5.16. The molecule has 2 rings (SSSR count). The van der Waals surface area contributed by atoms with Crippen LogP contribution in [0, 0.1) is 11.2 Å². The van der Waals surface area contributed by atoms with Crippen LogP contribution < -0.4 is 0 Å². The number of alkyl halides is 1. The summed E-state index contributed by atoms with van der Waals surface area (Å²) >= 11 is 6.02. The number of nitrogens with zero attached hydrogens (tertiary/aromatic N) is 2. The van der Waals surface area contributed by atoms with E-state index in [4.69, 9.17) is 16.3 Å². The molecule has 1 amide bonds. The largest absolute Gasteiger partial charge is 0.385 e. The summed E-state index contributed by atoms with van der Waals surface area (Å²) in [6.07, 6.45) is 2.70. The smallest absolute Gasteiger partial charge is 0.229 e. The van der Waals surface area contributed by atoms with E-state index in [9.17, 15) is 9.18 Å². The fourth-order valence-corrected chi connectivity index (χ4v) is 3.03. The number of hydrogen-bond donors (Lipinski definition) is 0. The highest BCUT2D eigenvalue weighted by atomic mass is 35.5. The molecule has 1 aromatic carbocycles. The zero-order valence-corrected chi connectivity index (χ0v) is 17.0. The zero-order valence-electron chi connectivity index (χ0n) is 16.3. The van der Waals surface area contributed by atoms with Crippen molar-refractivity contribution in [1.29, 1.82) is 0 Å². The summed E-state index contributed by atoms with van der Waals surface area (Å²) in [5.74, 6) is 0.0326. The van der Waals surface area contributed by atoms with Crippen LogP contribution in [0.1, 0.15) is 31.5 Å². The predicted octanol–water partition coefficient (Wildman–Crippen LogP) is 4.31. The minimum absolute atomic E-state index is 0.0205. The maximum absolute atomic E-state index is 13.5. The van der Waals surface area contributed by atoms with Gasteiger partial charge in [-0.05, 0) is 50.1 Å². The summed E-state index contributed by atoms with van der Waals surface area (Å²) in [5.41, 5.74) is 1.25. The molecule has 148 valence electrons. The molecule has 0 N–H and O–H groups in total. The summed E-state index contributed by atoms with van der Waals surface area (Å²) in [7, 11) is 1.65. The molecule has 0 unspecified atom stereocenters. The molecule has 0 saturated carbocycles. The van der Waals surface area contributed by atoms with Crippen LogP contribution >= 0.6 is 11.6 Å². The van der Waals surface area contributed by atoms with Gasteiger partial charge in [0.05, 0.1) is 12.0 Å². The Hall–Kier alpha value is -1.85. The maximum atomic E-state index is 13.5. The van der Waals surface area contributed by atoms with Crippen LogP contribution in [0.3, 0.4) is 0 Å². The minimum atomic E-state index is -0.630. The number of carbonyl (C=O) groups excluding carboxylic acids is 1. The first kappa shape index (κ1) is 21.5. The van der Waals surface area contributed by atoms with Crippen LogP contribution in [-0.4, -0.2) is 41.5 Å². The SMILES string of the molecule is COCCCN(Cc1cccn1Cc1cccc(F)c1)C(=O)C(C)(C)CCl. The second kappa shape index (κ2) is 9.90. The van der Waals surface area contributed by atoms with Crippen LogP contribution in [0.15, 0.2) is 42.6 Å². The lowest BCUT2D eigenvalue weighted by Crippen LogP contribution is -2.42. The first-order chi connectivity index (χ1) is 12.9. The molecule has 1 heterocycles. The monoisotopic (exact) mass is 394 g/mol. The van der Waals surface area contributed by atoms with Gasteiger partial charge in [-0.2, -0.15) is 0 Å². The van der Waals surface area contributed by atoms with Gasteiger partial charge < -0.3 is 14.2 Å². The van der Waals surface area contributed by atoms with E-state index in [0.29, 0.717) is 26.2 Å². The molecule has 0 radical (unpaired) electrons. The van der Waals surface area contributed by atoms with E-state index >= 15 is 0 Å². The number of methoxy groups -OCH3 is 1. The predicted molar refractivity (Wildman–Crippen MR) is 106 cm³/mol. The highest BCUT2D eigenvalue weighted by Gasteiger charge is 2.31. The van der Waals surface area contributed by atoms with E-state index in [2.05, 4.69) is 0 Å². The van der Waals surface area contributed by atoms with Crippen molar-refractivity contribution in [3.05, 3.63) is 59.7 Å². The fourth-order valence-electron chi connectivity index (χ4n) is 2.91. The molecule has 0 bridgehead atoms. The van der Waals surface area contributed by atoms with Gasteiger partial charge in [0.2, 0.25) is 5.91 Å². The molecule has 4 nitrogen and oxygen atoms in total. The van der Waals surface area contributed by atoms with Crippen molar-refractivity contribution < 1.29 is 13.9 Å². The van der Waals surface area contributed by atoms with Crippen molar-refractivity contribution in [2.45, 2.75) is 33.4 Å². The lowest BCUT2D eigenvalue weighted by molar-refractivity contribution is -0.140. The van der Waals surface area contributed by atoms with Crippen molar-refractivity contribution in [2.75, 3.05) is 26.1 Å². The summed E-state index contributed by atoms with van der Waals surface area (Å²) in [6, 6.07) is 10.5. The quantitative estimate of drug-likeness (QED) is 0.444. The molecule has 2 aromatic rings. The molecule has 0 saturated heterocycles. The van der Waals surface area contributed by atoms with E-state index in [-0.39, 0.29) is 17.6 Å². The minimum Gasteiger partial charge on any atom is -0.385 e. The Morgan fingerprint density at radius 2 is 2.07 bits per heavy atom. The second-order valence-electron chi connectivity index (χ2n) is 7.35. The van der Waals surface area contributed by atoms with Crippen LogP contribution in [0.25, 0.3) is 0 Å². The lowest BCUT2D eigenvalue weighted by Gasteiger charge is -2.31. The summed E-state index contributed by atoms with van der Waals surface area (Å²) in [5, 5.41) is 0. The molecule has 0 atom stereocenters. The number of ether oxygens (including phenoxy) is 1. The van der Waals surface area contributed by atoms with Crippen molar-refractivity contribution >= 4 is 17.5 Å². The van der Waals surface area contributed by atoms with E-state index < -0.39 is 5.41 Å². The summed E-state index contributed by atoms with van der Waals surface area (Å²) in [6.45, 7) is 5.94. The van der Waals surface area contributed by atoms with Crippen molar-refractivity contribution in [1.82, 2.24) is 9.47 Å². The van der Waals surface area contributed by atoms with E-state index in [1.54, 1.807) is 13.2 Å². The second-order valence-corrected chi connectivity index (χ2v) is 7.62. The summed E-state index contributed by atoms with van der Waals surface area (Å²) < 4.78 is 20.6. The number of carbonyl (C=O) groups is 1. The van der Waals surface area contributed by atoms with Crippen molar-refractivity contribution in [2.24, 2.45) is 5.41 Å². The van der Waals surface area contributed by atoms with Gasteiger partial charge in [-0.3, -0.25) is 4.79 Å². The number of hydrogen-bond acceptors (Lipinski definition) is 2. The number of rotatable bonds is 10. The first-order valence-electron chi connectivity index (χ1n) is 9.10. The highest BCUT2D eigenvalue weighted by Crippen LogP contribution is 2.23. The number of amides is 1. The molecule has 6 heteroatoms. The van der Waals surface area contributed by atoms with E-state index in [1.807, 2.05) is 47.7 Å². The Bertz CT molecular complexity index is 745. The standard InChI is InChI=1S/C21H28ClFN2O2/c1-21(2,16-22)20(26)25(11-6-12-27-3)15-19-9-5-10-24(19)14-17-7-4-8-18(23)13-17/h4-5,7-10,13H,6,11-12,14-16H2,1-3H3. The number of halogens is 2. The Kier molecular flexibility index (Phi) is 7.87. The Morgan fingerprint density at radius 1 is 1.30 bits per heavy atom. The topological polar surface area (TPSA) is 34.5 Å².